The quantitative estimate of drug-likeness (QED) is 0.710. The van der Waals surface area contributed by atoms with E-state index < -0.39 is 0 Å². The molecule has 0 bridgehead atoms. The van der Waals surface area contributed by atoms with Crippen molar-refractivity contribution in [1.29, 1.82) is 0 Å². The number of rotatable bonds is 10. The SMILES string of the molecule is CCCC[C@@H](N)COC(=O)N(CCCC)Cc1cccs1. The highest BCUT2D eigenvalue weighted by molar-refractivity contribution is 7.09. The Hall–Kier alpha value is -1.07. The Balaban J connectivity index is 2.43. The van der Waals surface area contributed by atoms with Crippen molar-refractivity contribution in [3.05, 3.63) is 22.4 Å². The molecule has 5 heteroatoms. The molecule has 1 amide bonds. The number of thiophene rings is 1. The van der Waals surface area contributed by atoms with E-state index in [1.54, 1.807) is 16.2 Å². The lowest BCUT2D eigenvalue weighted by Crippen LogP contribution is -2.35. The Morgan fingerprint density at radius 1 is 1.38 bits per heavy atom. The van der Waals surface area contributed by atoms with E-state index in [0.717, 1.165) is 38.6 Å². The van der Waals surface area contributed by atoms with Crippen molar-refractivity contribution in [3.8, 4) is 0 Å². The molecule has 120 valence electrons. The number of hydrogen-bond donors (Lipinski definition) is 1. The molecule has 0 spiro atoms. The van der Waals surface area contributed by atoms with Crippen LogP contribution in [0.1, 0.15) is 50.8 Å². The average Bonchev–Trinajstić information content (AvgIpc) is 2.99. The lowest BCUT2D eigenvalue weighted by Gasteiger charge is -2.22. The van der Waals surface area contributed by atoms with Gasteiger partial charge in [0.15, 0.2) is 0 Å². The first-order valence-electron chi connectivity index (χ1n) is 7.87. The Morgan fingerprint density at radius 3 is 2.76 bits per heavy atom. The van der Waals surface area contributed by atoms with E-state index >= 15 is 0 Å². The van der Waals surface area contributed by atoms with Gasteiger partial charge in [-0.05, 0) is 24.3 Å². The summed E-state index contributed by atoms with van der Waals surface area (Å²) < 4.78 is 5.38. The van der Waals surface area contributed by atoms with Crippen molar-refractivity contribution < 1.29 is 9.53 Å². The number of nitrogens with two attached hydrogens (primary N) is 1. The molecule has 0 aliphatic heterocycles. The van der Waals surface area contributed by atoms with Gasteiger partial charge in [0.1, 0.15) is 6.61 Å². The molecule has 1 aromatic heterocycles. The van der Waals surface area contributed by atoms with Crippen LogP contribution in [0, 0.1) is 0 Å². The molecule has 1 atom stereocenters. The fraction of sp³-hybridized carbons (Fsp3) is 0.688. The lowest BCUT2D eigenvalue weighted by molar-refractivity contribution is 0.0931. The summed E-state index contributed by atoms with van der Waals surface area (Å²) in [6.07, 6.45) is 4.90. The van der Waals surface area contributed by atoms with E-state index in [1.807, 2.05) is 17.5 Å². The van der Waals surface area contributed by atoms with E-state index in [2.05, 4.69) is 13.8 Å². The van der Waals surface area contributed by atoms with Gasteiger partial charge >= 0.3 is 6.09 Å². The van der Waals surface area contributed by atoms with Crippen LogP contribution in [0.25, 0.3) is 0 Å². The summed E-state index contributed by atoms with van der Waals surface area (Å²) in [6.45, 7) is 5.92. The molecule has 0 aliphatic rings. The van der Waals surface area contributed by atoms with Crippen molar-refractivity contribution in [2.75, 3.05) is 13.2 Å². The lowest BCUT2D eigenvalue weighted by atomic mass is 10.1. The van der Waals surface area contributed by atoms with Crippen molar-refractivity contribution in [3.63, 3.8) is 0 Å². The highest BCUT2D eigenvalue weighted by Crippen LogP contribution is 2.13. The van der Waals surface area contributed by atoms with E-state index in [1.165, 1.54) is 4.88 Å². The van der Waals surface area contributed by atoms with Crippen LogP contribution in [0.4, 0.5) is 4.79 Å². The average molecular weight is 312 g/mol. The maximum absolute atomic E-state index is 12.2. The van der Waals surface area contributed by atoms with E-state index in [4.69, 9.17) is 10.5 Å². The third-order valence-electron chi connectivity index (χ3n) is 3.32. The minimum absolute atomic E-state index is 0.0522. The Bertz CT molecular complexity index is 382. The van der Waals surface area contributed by atoms with Gasteiger partial charge in [-0.25, -0.2) is 4.79 Å². The van der Waals surface area contributed by atoms with Crippen LogP contribution in [0.15, 0.2) is 17.5 Å². The van der Waals surface area contributed by atoms with Crippen LogP contribution in [0.3, 0.4) is 0 Å². The number of amides is 1. The topological polar surface area (TPSA) is 55.6 Å². The molecule has 0 aliphatic carbocycles. The van der Waals surface area contributed by atoms with Crippen molar-refractivity contribution >= 4 is 17.4 Å². The summed E-state index contributed by atoms with van der Waals surface area (Å²) in [4.78, 5) is 15.2. The molecule has 2 N–H and O–H groups in total. The van der Waals surface area contributed by atoms with Gasteiger partial charge in [-0.2, -0.15) is 0 Å². The first-order valence-corrected chi connectivity index (χ1v) is 8.75. The number of unbranched alkanes of at least 4 members (excludes halogenated alkanes) is 2. The van der Waals surface area contributed by atoms with E-state index in [9.17, 15) is 4.79 Å². The molecule has 0 unspecified atom stereocenters. The highest BCUT2D eigenvalue weighted by Gasteiger charge is 2.16. The normalized spacial score (nSPS) is 12.1. The summed E-state index contributed by atoms with van der Waals surface area (Å²) in [7, 11) is 0. The Morgan fingerprint density at radius 2 is 2.14 bits per heavy atom. The van der Waals surface area contributed by atoms with E-state index in [0.29, 0.717) is 13.2 Å². The molecule has 1 rings (SSSR count). The molecule has 21 heavy (non-hydrogen) atoms. The van der Waals surface area contributed by atoms with Gasteiger partial charge in [0, 0.05) is 17.5 Å². The molecule has 0 saturated heterocycles. The minimum atomic E-state index is -0.246. The second-order valence-electron chi connectivity index (χ2n) is 5.33. The van der Waals surface area contributed by atoms with Crippen LogP contribution in [0.2, 0.25) is 0 Å². The monoisotopic (exact) mass is 312 g/mol. The molecule has 0 fully saturated rings. The van der Waals surface area contributed by atoms with Gasteiger partial charge in [0.25, 0.3) is 0 Å². The number of carbonyl (C=O) groups excluding carboxylic acids is 1. The molecular formula is C16H28N2O2S. The summed E-state index contributed by atoms with van der Waals surface area (Å²) in [6, 6.07) is 4.00. The highest BCUT2D eigenvalue weighted by atomic mass is 32.1. The number of carbonyl (C=O) groups is 1. The predicted molar refractivity (Wildman–Crippen MR) is 88.5 cm³/mol. The van der Waals surface area contributed by atoms with Gasteiger partial charge < -0.3 is 15.4 Å². The predicted octanol–water partition coefficient (Wildman–Crippen LogP) is 4.00. The van der Waals surface area contributed by atoms with Gasteiger partial charge in [0.2, 0.25) is 0 Å². The van der Waals surface area contributed by atoms with Gasteiger partial charge in [-0.1, -0.05) is 39.2 Å². The van der Waals surface area contributed by atoms with E-state index in [-0.39, 0.29) is 12.1 Å². The molecular weight excluding hydrogens is 284 g/mol. The largest absolute Gasteiger partial charge is 0.448 e. The summed E-state index contributed by atoms with van der Waals surface area (Å²) in [5, 5.41) is 2.03. The summed E-state index contributed by atoms with van der Waals surface area (Å²) in [5.74, 6) is 0. The zero-order valence-electron chi connectivity index (χ0n) is 13.2. The fourth-order valence-corrected chi connectivity index (χ4v) is 2.71. The number of ether oxygens (including phenoxy) is 1. The van der Waals surface area contributed by atoms with Gasteiger partial charge in [0.05, 0.1) is 6.54 Å². The zero-order valence-corrected chi connectivity index (χ0v) is 14.0. The smallest absolute Gasteiger partial charge is 0.410 e. The Kier molecular flexibility index (Phi) is 9.10. The molecule has 0 aromatic carbocycles. The minimum Gasteiger partial charge on any atom is -0.448 e. The van der Waals surface area contributed by atoms with Crippen LogP contribution >= 0.6 is 11.3 Å². The molecule has 1 heterocycles. The standard InChI is InChI=1S/C16H28N2O2S/c1-3-5-8-14(17)13-20-16(19)18(10-6-4-2)12-15-9-7-11-21-15/h7,9,11,14H,3-6,8,10,12-13,17H2,1-2H3/t14-/m1/s1. The van der Waals surface area contributed by atoms with Crippen molar-refractivity contribution in [2.45, 2.75) is 58.5 Å². The van der Waals surface area contributed by atoms with Gasteiger partial charge in [-0.15, -0.1) is 11.3 Å². The Labute approximate surface area is 132 Å². The first kappa shape index (κ1) is 18.0. The summed E-state index contributed by atoms with van der Waals surface area (Å²) >= 11 is 1.66. The maximum atomic E-state index is 12.2. The number of nitrogens with zero attached hydrogens (tertiary/aromatic N) is 1. The second kappa shape index (κ2) is 10.6. The molecule has 0 saturated carbocycles. The van der Waals surface area contributed by atoms with Crippen LogP contribution in [-0.4, -0.2) is 30.2 Å². The first-order chi connectivity index (χ1) is 10.2. The third-order valence-corrected chi connectivity index (χ3v) is 4.18. The van der Waals surface area contributed by atoms with Crippen LogP contribution in [-0.2, 0) is 11.3 Å². The molecule has 4 nitrogen and oxygen atoms in total. The van der Waals surface area contributed by atoms with Gasteiger partial charge in [-0.3, -0.25) is 0 Å². The molecule has 1 aromatic rings. The zero-order chi connectivity index (χ0) is 15.5. The third kappa shape index (κ3) is 7.48. The maximum Gasteiger partial charge on any atom is 0.410 e. The second-order valence-corrected chi connectivity index (χ2v) is 6.37. The van der Waals surface area contributed by atoms with Crippen LogP contribution < -0.4 is 5.73 Å². The number of hydrogen-bond acceptors (Lipinski definition) is 4. The van der Waals surface area contributed by atoms with Crippen molar-refractivity contribution in [1.82, 2.24) is 4.90 Å². The molecule has 0 radical (unpaired) electrons. The summed E-state index contributed by atoms with van der Waals surface area (Å²) in [5.41, 5.74) is 5.95. The van der Waals surface area contributed by atoms with Crippen LogP contribution in [0.5, 0.6) is 0 Å². The fourth-order valence-electron chi connectivity index (χ4n) is 1.99. The van der Waals surface area contributed by atoms with Crippen molar-refractivity contribution in [2.24, 2.45) is 5.73 Å².